The molecule has 43 heavy (non-hydrogen) atoms. The van der Waals surface area contributed by atoms with Crippen molar-refractivity contribution in [1.29, 1.82) is 0 Å². The van der Waals surface area contributed by atoms with E-state index in [2.05, 4.69) is 122 Å². The Hall–Kier alpha value is -2.77. The number of aryl methyl sites for hydroxylation is 4. The number of allylic oxidation sites excluding steroid dienone is 2. The summed E-state index contributed by atoms with van der Waals surface area (Å²) < 4.78 is 6.92. The molecular formula is C42H44Hf. The van der Waals surface area contributed by atoms with Crippen LogP contribution in [0.15, 0.2) is 83.9 Å². The number of hydrogen-bond donors (Lipinski definition) is 0. The average Bonchev–Trinajstić information content (AvgIpc) is 3.59. The van der Waals surface area contributed by atoms with Crippen molar-refractivity contribution in [2.45, 2.75) is 76.5 Å². The van der Waals surface area contributed by atoms with Gasteiger partial charge in [-0.25, -0.2) is 0 Å². The average molecular weight is 727 g/mol. The van der Waals surface area contributed by atoms with Gasteiger partial charge in [-0.3, -0.25) is 0 Å². The second-order valence-corrected chi connectivity index (χ2v) is 31.9. The molecule has 1 heterocycles. The third-order valence-electron chi connectivity index (χ3n) is 11.9. The van der Waals surface area contributed by atoms with Gasteiger partial charge in [-0.1, -0.05) is 0 Å². The van der Waals surface area contributed by atoms with Crippen molar-refractivity contribution in [3.05, 3.63) is 128 Å². The van der Waals surface area contributed by atoms with Gasteiger partial charge in [0.1, 0.15) is 0 Å². The van der Waals surface area contributed by atoms with E-state index in [-0.39, 0.29) is 5.41 Å². The van der Waals surface area contributed by atoms with E-state index >= 15 is 0 Å². The molecule has 1 saturated heterocycles. The first-order valence-corrected chi connectivity index (χ1v) is 27.9. The Morgan fingerprint density at radius 3 is 1.35 bits per heavy atom. The van der Waals surface area contributed by atoms with Crippen LogP contribution in [0.25, 0.3) is 34.4 Å². The van der Waals surface area contributed by atoms with E-state index in [0.717, 1.165) is 0 Å². The van der Waals surface area contributed by atoms with Crippen LogP contribution in [0.4, 0.5) is 0 Å². The maximum absolute atomic E-state index is 3.08. The number of hydrogen-bond acceptors (Lipinski definition) is 0. The first kappa shape index (κ1) is 27.8. The van der Waals surface area contributed by atoms with E-state index in [1.165, 1.54) is 76.6 Å². The van der Waals surface area contributed by atoms with Gasteiger partial charge in [-0.05, 0) is 0 Å². The van der Waals surface area contributed by atoms with Gasteiger partial charge in [0.15, 0.2) is 0 Å². The van der Waals surface area contributed by atoms with Gasteiger partial charge in [-0.2, -0.15) is 0 Å². The summed E-state index contributed by atoms with van der Waals surface area (Å²) in [5, 5.41) is 0. The Kier molecular flexibility index (Phi) is 6.37. The van der Waals surface area contributed by atoms with Gasteiger partial charge in [0.2, 0.25) is 0 Å². The molecule has 4 aromatic carbocycles. The van der Waals surface area contributed by atoms with Crippen molar-refractivity contribution >= 4 is 12.2 Å². The Bertz CT molecular complexity index is 1700. The molecule has 0 nitrogen and oxygen atoms in total. The molecule has 216 valence electrons. The zero-order valence-electron chi connectivity index (χ0n) is 26.8. The van der Waals surface area contributed by atoms with Crippen LogP contribution in [0.5, 0.6) is 0 Å². The molecule has 3 aliphatic carbocycles. The summed E-state index contributed by atoms with van der Waals surface area (Å²) in [7, 11) is 0. The predicted octanol–water partition coefficient (Wildman–Crippen LogP) is 12.0. The molecule has 1 spiro atoms. The standard InChI is InChI=1S/C40H38.2CH3.Hf/c1-26-12-8-13-27(2)38(26)34-18-10-16-30-22-32(24-36(30)34)40(20-6-5-7-21-40)33-23-31-17-11-19-35(37(31)25-33)39-28(3)14-9-15-29(39)4;;;/h8-19,22-25H,5-7,20-21H2,1-4H3;2*1H3;. The Labute approximate surface area is 263 Å². The van der Waals surface area contributed by atoms with Gasteiger partial charge < -0.3 is 0 Å². The summed E-state index contributed by atoms with van der Waals surface area (Å²) in [5.41, 5.74) is 21.6. The van der Waals surface area contributed by atoms with Crippen molar-refractivity contribution in [1.82, 2.24) is 0 Å². The minimum atomic E-state index is -3.08. The van der Waals surface area contributed by atoms with Crippen LogP contribution in [0, 0.1) is 33.1 Å². The number of fused-ring (bicyclic) bond motifs is 8. The van der Waals surface area contributed by atoms with Crippen LogP contribution in [0.3, 0.4) is 0 Å². The molecule has 4 aliphatic rings. The number of rotatable bonds is 2. The molecule has 2 unspecified atom stereocenters. The van der Waals surface area contributed by atoms with Crippen molar-refractivity contribution in [2.24, 2.45) is 5.41 Å². The molecule has 4 aromatic rings. The summed E-state index contributed by atoms with van der Waals surface area (Å²) in [5.74, 6) is 0. The minimum absolute atomic E-state index is 0.206. The van der Waals surface area contributed by atoms with E-state index in [0.29, 0.717) is 7.35 Å². The van der Waals surface area contributed by atoms with Crippen LogP contribution >= 0.6 is 0 Å². The van der Waals surface area contributed by atoms with E-state index in [9.17, 15) is 0 Å². The zero-order valence-corrected chi connectivity index (χ0v) is 30.4. The zero-order chi connectivity index (χ0) is 29.7. The molecule has 0 amide bonds. The van der Waals surface area contributed by atoms with Gasteiger partial charge in [0.05, 0.1) is 0 Å². The Morgan fingerprint density at radius 1 is 0.535 bits per heavy atom. The molecule has 2 atom stereocenters. The first-order chi connectivity index (χ1) is 20.7. The summed E-state index contributed by atoms with van der Waals surface area (Å²) in [6.45, 7) is 9.18. The normalized spacial score (nSPS) is 22.4. The van der Waals surface area contributed by atoms with Crippen LogP contribution in [-0.4, -0.2) is 0 Å². The fourth-order valence-corrected chi connectivity index (χ4v) is 27.3. The molecule has 1 saturated carbocycles. The van der Waals surface area contributed by atoms with Gasteiger partial charge in [-0.15, -0.1) is 0 Å². The monoisotopic (exact) mass is 728 g/mol. The van der Waals surface area contributed by atoms with E-state index in [1.807, 2.05) is 11.1 Å². The van der Waals surface area contributed by atoms with E-state index in [4.69, 9.17) is 0 Å². The summed E-state index contributed by atoms with van der Waals surface area (Å²) >= 11 is -3.08. The molecule has 0 radical (unpaired) electrons. The summed E-state index contributed by atoms with van der Waals surface area (Å²) in [6.07, 6.45) is 12.2. The fourth-order valence-electron chi connectivity index (χ4n) is 10.2. The topological polar surface area (TPSA) is 0 Å². The van der Waals surface area contributed by atoms with Crippen LogP contribution < -0.4 is 0 Å². The second kappa shape index (κ2) is 9.87. The van der Waals surface area contributed by atoms with E-state index in [1.54, 1.807) is 22.3 Å². The Balaban J connectivity index is 1.39. The fraction of sp³-hybridized carbons (Fsp3) is 0.333. The van der Waals surface area contributed by atoms with Gasteiger partial charge in [0.25, 0.3) is 0 Å². The molecule has 2 fully saturated rings. The molecule has 1 heteroatoms. The molecule has 1 aliphatic heterocycles. The van der Waals surface area contributed by atoms with Crippen molar-refractivity contribution in [3.8, 4) is 22.3 Å². The summed E-state index contributed by atoms with van der Waals surface area (Å²) in [6, 6.07) is 28.2. The summed E-state index contributed by atoms with van der Waals surface area (Å²) in [4.78, 5) is 0. The number of benzene rings is 4. The Morgan fingerprint density at radius 2 is 0.930 bits per heavy atom. The van der Waals surface area contributed by atoms with Crippen molar-refractivity contribution in [2.75, 3.05) is 0 Å². The molecule has 0 aromatic heterocycles. The van der Waals surface area contributed by atoms with Crippen LogP contribution in [-0.2, 0) is 20.0 Å². The predicted molar refractivity (Wildman–Crippen MR) is 181 cm³/mol. The quantitative estimate of drug-likeness (QED) is 0.180. The van der Waals surface area contributed by atoms with E-state index < -0.39 is 20.0 Å². The molecular weight excluding hydrogens is 683 g/mol. The molecule has 0 N–H and O–H groups in total. The van der Waals surface area contributed by atoms with Gasteiger partial charge in [0, 0.05) is 0 Å². The first-order valence-electron chi connectivity index (χ1n) is 16.6. The third-order valence-corrected chi connectivity index (χ3v) is 27.1. The maximum atomic E-state index is 2.81. The van der Waals surface area contributed by atoms with Crippen molar-refractivity contribution in [3.63, 3.8) is 0 Å². The molecule has 0 bridgehead atoms. The van der Waals surface area contributed by atoms with Crippen LogP contribution in [0.1, 0.15) is 84.0 Å². The SMILES string of the molecule is Cc1cccc(C)c1-c1cccc2c1C=C1[CH]2[Hf]([CH3])([CH3])[CH]2C(=Cc3c(-c4c(C)cccc4C)cccc32)C12CCCCC2. The van der Waals surface area contributed by atoms with Crippen LogP contribution in [0.2, 0.25) is 9.36 Å². The second-order valence-electron chi connectivity index (χ2n) is 14.7. The van der Waals surface area contributed by atoms with Crippen molar-refractivity contribution < 1.29 is 20.0 Å². The molecule has 8 rings (SSSR count). The third kappa shape index (κ3) is 3.83. The van der Waals surface area contributed by atoms with Gasteiger partial charge >= 0.3 is 265 Å².